The lowest BCUT2D eigenvalue weighted by molar-refractivity contribution is 1.02. The van der Waals surface area contributed by atoms with Crippen LogP contribution in [0.5, 0.6) is 0 Å². The molecule has 4 aromatic heterocycles. The van der Waals surface area contributed by atoms with Crippen LogP contribution in [0.3, 0.4) is 0 Å². The summed E-state index contributed by atoms with van der Waals surface area (Å²) in [5, 5.41) is 15.6. The molecule has 4 heterocycles. The molecule has 13 rings (SSSR count). The average molecular weight is 685 g/mol. The minimum absolute atomic E-state index is 0.666. The zero-order valence-electron chi connectivity index (χ0n) is 29.0. The van der Waals surface area contributed by atoms with E-state index in [4.69, 9.17) is 9.97 Å². The fraction of sp³-hybridized carbons (Fsp3) is 0. The Morgan fingerprint density at radius 2 is 0.963 bits per heavy atom. The van der Waals surface area contributed by atoms with Crippen LogP contribution in [-0.2, 0) is 0 Å². The molecule has 0 fully saturated rings. The molecule has 0 saturated carbocycles. The van der Waals surface area contributed by atoms with Gasteiger partial charge < -0.3 is 4.40 Å². The summed E-state index contributed by atoms with van der Waals surface area (Å²) >= 11 is 0. The first-order chi connectivity index (χ1) is 26.8. The second-order valence-corrected chi connectivity index (χ2v) is 14.5. The lowest BCUT2D eigenvalue weighted by Crippen LogP contribution is -2.04. The van der Waals surface area contributed by atoms with E-state index in [0.717, 1.165) is 38.6 Å². The average Bonchev–Trinajstić information content (AvgIpc) is 3.88. The number of hydrogen-bond acceptors (Lipinski definition) is 2. The van der Waals surface area contributed by atoms with Crippen LogP contribution in [0.1, 0.15) is 0 Å². The highest BCUT2D eigenvalue weighted by Crippen LogP contribution is 2.48. The maximum absolute atomic E-state index is 5.64. The molecule has 0 saturated heterocycles. The molecule has 54 heavy (non-hydrogen) atoms. The lowest BCUT2D eigenvalue weighted by atomic mass is 9.98. The van der Waals surface area contributed by atoms with Gasteiger partial charge in [0.25, 0.3) is 0 Å². The Kier molecular flexibility index (Phi) is 5.34. The predicted molar refractivity (Wildman–Crippen MR) is 226 cm³/mol. The van der Waals surface area contributed by atoms with Crippen LogP contribution in [0.2, 0.25) is 0 Å². The summed E-state index contributed by atoms with van der Waals surface area (Å²) in [5.41, 5.74) is 8.84. The summed E-state index contributed by atoms with van der Waals surface area (Å²) in [6, 6.07) is 61.6. The number of nitrogens with zero attached hydrogens (tertiary/aromatic N) is 4. The number of fused-ring (bicyclic) bond motifs is 16. The van der Waals surface area contributed by atoms with E-state index < -0.39 is 0 Å². The molecule has 0 unspecified atom stereocenters. The van der Waals surface area contributed by atoms with Gasteiger partial charge in [0.1, 0.15) is 0 Å². The van der Waals surface area contributed by atoms with E-state index >= 15 is 0 Å². The number of para-hydroxylation sites is 2. The van der Waals surface area contributed by atoms with Gasteiger partial charge in [-0.05, 0) is 57.3 Å². The zero-order chi connectivity index (χ0) is 35.1. The van der Waals surface area contributed by atoms with Crippen LogP contribution < -0.4 is 0 Å². The van der Waals surface area contributed by atoms with E-state index in [1.165, 1.54) is 75.8 Å². The van der Waals surface area contributed by atoms with Crippen LogP contribution in [-0.4, -0.2) is 18.9 Å². The molecule has 4 heteroatoms. The molecule has 9 aromatic carbocycles. The van der Waals surface area contributed by atoms with E-state index in [-0.39, 0.29) is 0 Å². The van der Waals surface area contributed by atoms with Crippen LogP contribution in [0, 0.1) is 0 Å². The molecule has 4 nitrogen and oxygen atoms in total. The van der Waals surface area contributed by atoms with Crippen molar-refractivity contribution >= 4 is 103 Å². The van der Waals surface area contributed by atoms with Crippen molar-refractivity contribution < 1.29 is 0 Å². The van der Waals surface area contributed by atoms with Crippen molar-refractivity contribution in [2.24, 2.45) is 0 Å². The van der Waals surface area contributed by atoms with E-state index in [1.54, 1.807) is 0 Å². The first-order valence-electron chi connectivity index (χ1n) is 18.5. The summed E-state index contributed by atoms with van der Waals surface area (Å²) in [4.78, 5) is 11.1. The molecule has 0 N–H and O–H groups in total. The highest BCUT2D eigenvalue weighted by molar-refractivity contribution is 6.36. The summed E-state index contributed by atoms with van der Waals surface area (Å²) in [6.07, 6.45) is 0. The second kappa shape index (κ2) is 10.2. The van der Waals surface area contributed by atoms with Crippen LogP contribution in [0.4, 0.5) is 0 Å². The van der Waals surface area contributed by atoms with Gasteiger partial charge in [-0.25, -0.2) is 9.97 Å². The molecule has 0 aliphatic rings. The van der Waals surface area contributed by atoms with Gasteiger partial charge in [0.05, 0.1) is 38.8 Å². The molecule has 0 bridgehead atoms. The molecule has 0 amide bonds. The van der Waals surface area contributed by atoms with Crippen molar-refractivity contribution in [3.63, 3.8) is 0 Å². The van der Waals surface area contributed by atoms with Crippen molar-refractivity contribution in [2.75, 3.05) is 0 Å². The Bertz CT molecular complexity index is 3740. The highest BCUT2D eigenvalue weighted by Gasteiger charge is 2.26. The zero-order valence-corrected chi connectivity index (χ0v) is 29.0. The second-order valence-electron chi connectivity index (χ2n) is 14.5. The Labute approximate surface area is 308 Å². The predicted octanol–water partition coefficient (Wildman–Crippen LogP) is 13.0. The third-order valence-electron chi connectivity index (χ3n) is 11.8. The first-order valence-corrected chi connectivity index (χ1v) is 18.5. The summed E-state index contributed by atoms with van der Waals surface area (Å²) in [7, 11) is 0. The van der Waals surface area contributed by atoms with Crippen molar-refractivity contribution in [3.05, 3.63) is 170 Å². The van der Waals surface area contributed by atoms with Gasteiger partial charge in [-0.1, -0.05) is 140 Å². The van der Waals surface area contributed by atoms with Gasteiger partial charge in [-0.15, -0.1) is 0 Å². The molecule has 248 valence electrons. The largest absolute Gasteiger partial charge is 0.307 e. The van der Waals surface area contributed by atoms with Crippen LogP contribution >= 0.6 is 0 Å². The Morgan fingerprint density at radius 1 is 0.352 bits per heavy atom. The van der Waals surface area contributed by atoms with Gasteiger partial charge in [-0.2, -0.15) is 0 Å². The van der Waals surface area contributed by atoms with E-state index in [2.05, 4.69) is 179 Å². The topological polar surface area (TPSA) is 35.1 Å². The molecule has 0 spiro atoms. The fourth-order valence-corrected chi connectivity index (χ4v) is 9.50. The molecular weight excluding hydrogens is 657 g/mol. The van der Waals surface area contributed by atoms with Crippen LogP contribution in [0.15, 0.2) is 170 Å². The van der Waals surface area contributed by atoms with E-state index in [1.807, 2.05) is 0 Å². The Balaban J connectivity index is 1.25. The normalized spacial score (nSPS) is 12.4. The summed E-state index contributed by atoms with van der Waals surface area (Å²) in [5.74, 6) is 0.666. The minimum Gasteiger partial charge on any atom is -0.307 e. The quantitative estimate of drug-likeness (QED) is 0.170. The van der Waals surface area contributed by atoms with Gasteiger partial charge in [0.2, 0.25) is 5.95 Å². The monoisotopic (exact) mass is 684 g/mol. The molecule has 0 atom stereocenters. The Hall–Kier alpha value is -7.30. The van der Waals surface area contributed by atoms with Gasteiger partial charge in [0, 0.05) is 48.7 Å². The van der Waals surface area contributed by atoms with Gasteiger partial charge >= 0.3 is 0 Å². The van der Waals surface area contributed by atoms with Crippen molar-refractivity contribution in [1.82, 2.24) is 18.9 Å². The Morgan fingerprint density at radius 3 is 1.80 bits per heavy atom. The first kappa shape index (κ1) is 28.3. The molecular formula is C50H28N4. The van der Waals surface area contributed by atoms with E-state index in [9.17, 15) is 0 Å². The number of aromatic nitrogens is 4. The van der Waals surface area contributed by atoms with Crippen molar-refractivity contribution in [1.29, 1.82) is 0 Å². The van der Waals surface area contributed by atoms with Gasteiger partial charge in [-0.3, -0.25) is 4.57 Å². The number of hydrogen-bond donors (Lipinski definition) is 0. The highest BCUT2D eigenvalue weighted by atomic mass is 15.2. The third kappa shape index (κ3) is 3.57. The smallest absolute Gasteiger partial charge is 0.235 e. The van der Waals surface area contributed by atoms with Crippen molar-refractivity contribution in [3.8, 4) is 17.2 Å². The maximum atomic E-state index is 5.64. The summed E-state index contributed by atoms with van der Waals surface area (Å²) in [6.45, 7) is 0. The molecule has 13 aromatic rings. The van der Waals surface area contributed by atoms with E-state index in [0.29, 0.717) is 5.95 Å². The summed E-state index contributed by atoms with van der Waals surface area (Å²) < 4.78 is 4.85. The lowest BCUT2D eigenvalue weighted by Gasteiger charge is -2.14. The minimum atomic E-state index is 0.666. The number of rotatable bonds is 2. The maximum Gasteiger partial charge on any atom is 0.235 e. The molecule has 0 aliphatic carbocycles. The SMILES string of the molecule is c1ccc2cc(-c3nc(-n4c5ccccc5c5cc6c7ccccc7n7c8c9ccccc9ccc8c(c54)c67)nc4ccc5ccccc5c34)ccc2c1. The fourth-order valence-electron chi connectivity index (χ4n) is 9.50. The van der Waals surface area contributed by atoms with Crippen molar-refractivity contribution in [2.45, 2.75) is 0 Å². The molecule has 0 aliphatic heterocycles. The van der Waals surface area contributed by atoms with Crippen LogP contribution in [0.25, 0.3) is 120 Å². The standard InChI is InChI=1S/C50H28N4/c1-2-14-32-27-33(22-21-29(32)11-1)46-44-34-15-5-3-12-30(34)24-26-41(44)51-50(52-46)54-43-20-10-8-18-37(43)40-28-39-36-17-7-9-19-42(36)53-47-35-16-6-4-13-31(35)23-25-38(47)45(48(39)53)49(40)54/h1-28H. The number of benzene rings is 9. The molecule has 0 radical (unpaired) electrons. The third-order valence-corrected chi connectivity index (χ3v) is 11.8. The van der Waals surface area contributed by atoms with Gasteiger partial charge in [0.15, 0.2) is 0 Å².